The zero-order chi connectivity index (χ0) is 15.2. The standard InChI is InChI=1S/C17H19Br2NO/c1-3-11-21-14-9-7-13(8-10-14)12(2)20-17-15(18)5-4-6-16(17)19/h4-10,12,20H,3,11H2,1-2H3. The molecule has 1 atom stereocenters. The van der Waals surface area contributed by atoms with Crippen molar-refractivity contribution in [2.45, 2.75) is 26.3 Å². The second kappa shape index (κ2) is 7.85. The average molecular weight is 413 g/mol. The fourth-order valence-corrected chi connectivity index (χ4v) is 3.24. The lowest BCUT2D eigenvalue weighted by Crippen LogP contribution is -2.07. The van der Waals surface area contributed by atoms with Crippen molar-refractivity contribution in [2.24, 2.45) is 0 Å². The molecule has 0 fully saturated rings. The Morgan fingerprint density at radius 2 is 1.67 bits per heavy atom. The molecule has 2 aromatic carbocycles. The van der Waals surface area contributed by atoms with Crippen LogP contribution in [0.5, 0.6) is 5.75 Å². The molecular formula is C17H19Br2NO. The lowest BCUT2D eigenvalue weighted by molar-refractivity contribution is 0.317. The molecule has 0 saturated carbocycles. The number of halogens is 2. The Bertz CT molecular complexity index is 564. The zero-order valence-electron chi connectivity index (χ0n) is 12.2. The summed E-state index contributed by atoms with van der Waals surface area (Å²) in [4.78, 5) is 0. The summed E-state index contributed by atoms with van der Waals surface area (Å²) in [6.07, 6.45) is 1.02. The third kappa shape index (κ3) is 4.48. The van der Waals surface area contributed by atoms with Crippen LogP contribution in [0.2, 0.25) is 0 Å². The number of ether oxygens (including phenoxy) is 1. The van der Waals surface area contributed by atoms with Crippen LogP contribution in [-0.4, -0.2) is 6.61 Å². The van der Waals surface area contributed by atoms with E-state index in [0.29, 0.717) is 0 Å². The van der Waals surface area contributed by atoms with E-state index in [1.165, 1.54) is 5.56 Å². The van der Waals surface area contributed by atoms with Crippen molar-refractivity contribution in [1.82, 2.24) is 0 Å². The quantitative estimate of drug-likeness (QED) is 0.612. The summed E-state index contributed by atoms with van der Waals surface area (Å²) in [5.74, 6) is 0.926. The Labute approximate surface area is 143 Å². The van der Waals surface area contributed by atoms with E-state index in [1.54, 1.807) is 0 Å². The largest absolute Gasteiger partial charge is 0.494 e. The second-order valence-electron chi connectivity index (χ2n) is 4.88. The summed E-state index contributed by atoms with van der Waals surface area (Å²) in [6.45, 7) is 5.01. The molecule has 2 rings (SSSR count). The Hall–Kier alpha value is -1.00. The van der Waals surface area contributed by atoms with Crippen LogP contribution in [0.15, 0.2) is 51.4 Å². The first-order chi connectivity index (χ1) is 10.1. The molecule has 112 valence electrons. The summed E-state index contributed by atoms with van der Waals surface area (Å²) in [5, 5.41) is 3.52. The Balaban J connectivity index is 2.08. The maximum absolute atomic E-state index is 5.61. The van der Waals surface area contributed by atoms with Crippen LogP contribution in [0.4, 0.5) is 5.69 Å². The first-order valence-electron chi connectivity index (χ1n) is 7.05. The molecule has 2 nitrogen and oxygen atoms in total. The van der Waals surface area contributed by atoms with Crippen LogP contribution in [0.3, 0.4) is 0 Å². The van der Waals surface area contributed by atoms with Gasteiger partial charge in [0.1, 0.15) is 5.75 Å². The fourth-order valence-electron chi connectivity index (χ4n) is 2.01. The molecule has 0 aromatic heterocycles. The Kier molecular flexibility index (Phi) is 6.12. The number of benzene rings is 2. The van der Waals surface area contributed by atoms with Gasteiger partial charge in [0.05, 0.1) is 12.3 Å². The minimum absolute atomic E-state index is 0.209. The Morgan fingerprint density at radius 1 is 1.05 bits per heavy atom. The number of anilines is 1. The third-order valence-corrected chi connectivity index (χ3v) is 4.50. The summed E-state index contributed by atoms with van der Waals surface area (Å²) in [5.41, 5.74) is 2.29. The molecule has 0 saturated heterocycles. The number of hydrogen-bond acceptors (Lipinski definition) is 2. The minimum atomic E-state index is 0.209. The van der Waals surface area contributed by atoms with Crippen molar-refractivity contribution >= 4 is 37.5 Å². The maximum Gasteiger partial charge on any atom is 0.119 e. The maximum atomic E-state index is 5.61. The highest BCUT2D eigenvalue weighted by atomic mass is 79.9. The summed E-state index contributed by atoms with van der Waals surface area (Å²) >= 11 is 7.15. The van der Waals surface area contributed by atoms with E-state index in [0.717, 1.165) is 33.4 Å². The molecule has 2 aromatic rings. The van der Waals surface area contributed by atoms with Gasteiger partial charge in [-0.2, -0.15) is 0 Å². The molecule has 0 aliphatic carbocycles. The number of para-hydroxylation sites is 1. The first-order valence-corrected chi connectivity index (χ1v) is 8.63. The van der Waals surface area contributed by atoms with E-state index in [1.807, 2.05) is 30.3 Å². The molecule has 0 aliphatic rings. The SMILES string of the molecule is CCCOc1ccc(C(C)Nc2c(Br)cccc2Br)cc1. The van der Waals surface area contributed by atoms with Crippen LogP contribution < -0.4 is 10.1 Å². The third-order valence-electron chi connectivity index (χ3n) is 3.18. The lowest BCUT2D eigenvalue weighted by atomic mass is 10.1. The predicted molar refractivity (Wildman–Crippen MR) is 96.1 cm³/mol. The van der Waals surface area contributed by atoms with Gasteiger partial charge in [-0.3, -0.25) is 0 Å². The topological polar surface area (TPSA) is 21.3 Å². The van der Waals surface area contributed by atoms with Crippen molar-refractivity contribution in [3.8, 4) is 5.75 Å². The van der Waals surface area contributed by atoms with E-state index >= 15 is 0 Å². The minimum Gasteiger partial charge on any atom is -0.494 e. The van der Waals surface area contributed by atoms with Gasteiger partial charge in [0, 0.05) is 15.0 Å². The molecule has 1 unspecified atom stereocenters. The average Bonchev–Trinajstić information content (AvgIpc) is 2.49. The molecule has 1 N–H and O–H groups in total. The van der Waals surface area contributed by atoms with E-state index in [2.05, 4.69) is 63.2 Å². The summed E-state index contributed by atoms with van der Waals surface area (Å²) in [6, 6.07) is 14.5. The van der Waals surface area contributed by atoms with E-state index in [9.17, 15) is 0 Å². The van der Waals surface area contributed by atoms with Crippen LogP contribution in [0.1, 0.15) is 31.9 Å². The molecule has 21 heavy (non-hydrogen) atoms. The number of rotatable bonds is 6. The van der Waals surface area contributed by atoms with Crippen LogP contribution in [0.25, 0.3) is 0 Å². The molecule has 0 aliphatic heterocycles. The van der Waals surface area contributed by atoms with Crippen LogP contribution >= 0.6 is 31.9 Å². The van der Waals surface area contributed by atoms with Gasteiger partial charge < -0.3 is 10.1 Å². The van der Waals surface area contributed by atoms with Crippen molar-refractivity contribution in [1.29, 1.82) is 0 Å². The predicted octanol–water partition coefficient (Wildman–Crippen LogP) is 6.17. The van der Waals surface area contributed by atoms with Crippen molar-refractivity contribution in [2.75, 3.05) is 11.9 Å². The molecule has 0 spiro atoms. The van der Waals surface area contributed by atoms with Gasteiger partial charge in [0.2, 0.25) is 0 Å². The molecule has 0 radical (unpaired) electrons. The van der Waals surface area contributed by atoms with Crippen LogP contribution in [-0.2, 0) is 0 Å². The summed E-state index contributed by atoms with van der Waals surface area (Å²) < 4.78 is 7.71. The van der Waals surface area contributed by atoms with Crippen molar-refractivity contribution in [3.05, 3.63) is 57.0 Å². The first kappa shape index (κ1) is 16.4. The second-order valence-corrected chi connectivity index (χ2v) is 6.59. The van der Waals surface area contributed by atoms with Gasteiger partial charge in [0.25, 0.3) is 0 Å². The van der Waals surface area contributed by atoms with Gasteiger partial charge in [-0.05, 0) is 75.0 Å². The summed E-state index contributed by atoms with van der Waals surface area (Å²) in [7, 11) is 0. The number of nitrogens with one attached hydrogen (secondary N) is 1. The lowest BCUT2D eigenvalue weighted by Gasteiger charge is -2.18. The highest BCUT2D eigenvalue weighted by molar-refractivity contribution is 9.11. The molecular weight excluding hydrogens is 394 g/mol. The molecule has 0 heterocycles. The Morgan fingerprint density at radius 3 is 2.24 bits per heavy atom. The van der Waals surface area contributed by atoms with Gasteiger partial charge in [-0.25, -0.2) is 0 Å². The monoisotopic (exact) mass is 411 g/mol. The van der Waals surface area contributed by atoms with Crippen molar-refractivity contribution in [3.63, 3.8) is 0 Å². The van der Waals surface area contributed by atoms with Crippen molar-refractivity contribution < 1.29 is 4.74 Å². The van der Waals surface area contributed by atoms with Gasteiger partial charge in [-0.1, -0.05) is 25.1 Å². The smallest absolute Gasteiger partial charge is 0.119 e. The molecule has 0 amide bonds. The van der Waals surface area contributed by atoms with Gasteiger partial charge >= 0.3 is 0 Å². The molecule has 0 bridgehead atoms. The van der Waals surface area contributed by atoms with E-state index in [-0.39, 0.29) is 6.04 Å². The normalized spacial score (nSPS) is 12.0. The highest BCUT2D eigenvalue weighted by Gasteiger charge is 2.10. The zero-order valence-corrected chi connectivity index (χ0v) is 15.4. The van der Waals surface area contributed by atoms with E-state index < -0.39 is 0 Å². The molecule has 4 heteroatoms. The highest BCUT2D eigenvalue weighted by Crippen LogP contribution is 2.33. The van der Waals surface area contributed by atoms with Crippen LogP contribution in [0, 0.1) is 0 Å². The van der Waals surface area contributed by atoms with Gasteiger partial charge in [0.15, 0.2) is 0 Å². The van der Waals surface area contributed by atoms with E-state index in [4.69, 9.17) is 4.74 Å². The number of hydrogen-bond donors (Lipinski definition) is 1. The van der Waals surface area contributed by atoms with Gasteiger partial charge in [-0.15, -0.1) is 0 Å². The fraction of sp³-hybridized carbons (Fsp3) is 0.294.